The topological polar surface area (TPSA) is 44.5 Å². The van der Waals surface area contributed by atoms with Gasteiger partial charge < -0.3 is 15.2 Å². The molecular formula is C13H18ClNO2. The molecule has 1 aromatic carbocycles. The molecule has 1 aliphatic heterocycles. The second-order valence-electron chi connectivity index (χ2n) is 4.44. The van der Waals surface area contributed by atoms with Crippen LogP contribution in [0.5, 0.6) is 5.75 Å². The van der Waals surface area contributed by atoms with Crippen molar-refractivity contribution >= 4 is 11.6 Å². The van der Waals surface area contributed by atoms with Crippen LogP contribution in [0.1, 0.15) is 18.4 Å². The Bertz CT molecular complexity index is 384. The molecule has 1 heterocycles. The predicted octanol–water partition coefficient (Wildman–Crippen LogP) is 2.53. The van der Waals surface area contributed by atoms with Gasteiger partial charge in [0.15, 0.2) is 0 Å². The third-order valence-electron chi connectivity index (χ3n) is 2.97. The van der Waals surface area contributed by atoms with E-state index in [0.29, 0.717) is 18.2 Å². The first-order valence-electron chi connectivity index (χ1n) is 5.93. The van der Waals surface area contributed by atoms with Crippen LogP contribution in [0.2, 0.25) is 5.02 Å². The standard InChI is InChI=1S/C13H18ClNO2/c1-9-2-5-12(14)13(6-9)16-8-11-4-3-10(7-15)17-11/h2,5-6,10-11H,3-4,7-8,15H2,1H3. The smallest absolute Gasteiger partial charge is 0.138 e. The fourth-order valence-electron chi connectivity index (χ4n) is 1.98. The van der Waals surface area contributed by atoms with Crippen LogP contribution in [0.25, 0.3) is 0 Å². The molecule has 4 heteroatoms. The summed E-state index contributed by atoms with van der Waals surface area (Å²) in [4.78, 5) is 0. The predicted molar refractivity (Wildman–Crippen MR) is 68.6 cm³/mol. The Morgan fingerprint density at radius 2 is 2.18 bits per heavy atom. The number of halogens is 1. The van der Waals surface area contributed by atoms with Gasteiger partial charge >= 0.3 is 0 Å². The molecular weight excluding hydrogens is 238 g/mol. The molecule has 0 bridgehead atoms. The van der Waals surface area contributed by atoms with Crippen LogP contribution in [0.3, 0.4) is 0 Å². The lowest BCUT2D eigenvalue weighted by molar-refractivity contribution is 0.0222. The Morgan fingerprint density at radius 1 is 1.41 bits per heavy atom. The minimum absolute atomic E-state index is 0.139. The van der Waals surface area contributed by atoms with E-state index in [1.807, 2.05) is 25.1 Å². The van der Waals surface area contributed by atoms with E-state index >= 15 is 0 Å². The van der Waals surface area contributed by atoms with Crippen LogP contribution in [0, 0.1) is 6.92 Å². The summed E-state index contributed by atoms with van der Waals surface area (Å²) in [5, 5.41) is 0.643. The van der Waals surface area contributed by atoms with Crippen molar-refractivity contribution in [1.82, 2.24) is 0 Å². The van der Waals surface area contributed by atoms with Gasteiger partial charge in [0.25, 0.3) is 0 Å². The molecule has 0 aliphatic carbocycles. The van der Waals surface area contributed by atoms with Crippen LogP contribution in [0.4, 0.5) is 0 Å². The first kappa shape index (κ1) is 12.7. The van der Waals surface area contributed by atoms with Crippen molar-refractivity contribution in [3.8, 4) is 5.75 Å². The summed E-state index contributed by atoms with van der Waals surface area (Å²) >= 11 is 6.05. The Labute approximate surface area is 107 Å². The Morgan fingerprint density at radius 3 is 2.88 bits per heavy atom. The number of aryl methyl sites for hydroxylation is 1. The maximum Gasteiger partial charge on any atom is 0.138 e. The summed E-state index contributed by atoms with van der Waals surface area (Å²) < 4.78 is 11.4. The zero-order valence-corrected chi connectivity index (χ0v) is 10.7. The van der Waals surface area contributed by atoms with Crippen molar-refractivity contribution in [2.24, 2.45) is 5.73 Å². The highest BCUT2D eigenvalue weighted by atomic mass is 35.5. The molecule has 1 fully saturated rings. The van der Waals surface area contributed by atoms with E-state index in [-0.39, 0.29) is 12.2 Å². The zero-order chi connectivity index (χ0) is 12.3. The Balaban J connectivity index is 1.88. The maximum absolute atomic E-state index is 6.05. The van der Waals surface area contributed by atoms with Crippen LogP contribution in [0.15, 0.2) is 18.2 Å². The Hall–Kier alpha value is -0.770. The van der Waals surface area contributed by atoms with Gasteiger partial charge in [-0.1, -0.05) is 17.7 Å². The third kappa shape index (κ3) is 3.35. The molecule has 94 valence electrons. The van der Waals surface area contributed by atoms with Gasteiger partial charge in [-0.05, 0) is 37.5 Å². The summed E-state index contributed by atoms with van der Waals surface area (Å²) in [5.41, 5.74) is 6.70. The monoisotopic (exact) mass is 255 g/mol. The summed E-state index contributed by atoms with van der Waals surface area (Å²) in [6.07, 6.45) is 2.36. The molecule has 2 rings (SSSR count). The molecule has 1 aromatic rings. The van der Waals surface area contributed by atoms with Crippen molar-refractivity contribution in [3.05, 3.63) is 28.8 Å². The van der Waals surface area contributed by atoms with Crippen molar-refractivity contribution < 1.29 is 9.47 Å². The summed E-state index contributed by atoms with van der Waals surface area (Å²) in [5.74, 6) is 0.728. The quantitative estimate of drug-likeness (QED) is 0.899. The highest BCUT2D eigenvalue weighted by Crippen LogP contribution is 2.27. The van der Waals surface area contributed by atoms with E-state index in [4.69, 9.17) is 26.8 Å². The second kappa shape index (κ2) is 5.71. The number of ether oxygens (including phenoxy) is 2. The first-order chi connectivity index (χ1) is 8.19. The fraction of sp³-hybridized carbons (Fsp3) is 0.538. The number of benzene rings is 1. The fourth-order valence-corrected chi connectivity index (χ4v) is 2.15. The first-order valence-corrected chi connectivity index (χ1v) is 6.31. The number of hydrogen-bond donors (Lipinski definition) is 1. The van der Waals surface area contributed by atoms with Crippen molar-refractivity contribution in [1.29, 1.82) is 0 Å². The number of rotatable bonds is 4. The normalized spacial score (nSPS) is 23.9. The van der Waals surface area contributed by atoms with E-state index in [9.17, 15) is 0 Å². The van der Waals surface area contributed by atoms with Crippen LogP contribution in [-0.4, -0.2) is 25.4 Å². The lowest BCUT2D eigenvalue weighted by Crippen LogP contribution is -2.23. The third-order valence-corrected chi connectivity index (χ3v) is 3.28. The molecule has 3 nitrogen and oxygen atoms in total. The van der Waals surface area contributed by atoms with Gasteiger partial charge in [-0.15, -0.1) is 0 Å². The number of hydrogen-bond acceptors (Lipinski definition) is 3. The van der Waals surface area contributed by atoms with Gasteiger partial charge in [0, 0.05) is 6.54 Å². The summed E-state index contributed by atoms with van der Waals surface area (Å²) in [6, 6.07) is 5.76. The molecule has 0 amide bonds. The average Bonchev–Trinajstić information content (AvgIpc) is 2.78. The second-order valence-corrected chi connectivity index (χ2v) is 4.85. The van der Waals surface area contributed by atoms with E-state index in [0.717, 1.165) is 24.2 Å². The van der Waals surface area contributed by atoms with Crippen LogP contribution >= 0.6 is 11.6 Å². The lowest BCUT2D eigenvalue weighted by Gasteiger charge is -2.14. The minimum atomic E-state index is 0.139. The van der Waals surface area contributed by atoms with Gasteiger partial charge in [0.2, 0.25) is 0 Å². The van der Waals surface area contributed by atoms with E-state index < -0.39 is 0 Å². The van der Waals surface area contributed by atoms with Crippen molar-refractivity contribution in [2.75, 3.05) is 13.2 Å². The van der Waals surface area contributed by atoms with Gasteiger partial charge in [-0.3, -0.25) is 0 Å². The maximum atomic E-state index is 6.05. The molecule has 1 aliphatic rings. The van der Waals surface area contributed by atoms with Gasteiger partial charge in [-0.25, -0.2) is 0 Å². The van der Waals surface area contributed by atoms with Crippen molar-refractivity contribution in [3.63, 3.8) is 0 Å². The minimum Gasteiger partial charge on any atom is -0.489 e. The van der Waals surface area contributed by atoms with E-state index in [2.05, 4.69) is 0 Å². The molecule has 2 unspecified atom stereocenters. The van der Waals surface area contributed by atoms with E-state index in [1.54, 1.807) is 0 Å². The van der Waals surface area contributed by atoms with Crippen LogP contribution < -0.4 is 10.5 Å². The lowest BCUT2D eigenvalue weighted by atomic mass is 10.2. The average molecular weight is 256 g/mol. The summed E-state index contributed by atoms with van der Waals surface area (Å²) in [7, 11) is 0. The molecule has 0 radical (unpaired) electrons. The van der Waals surface area contributed by atoms with Crippen LogP contribution in [-0.2, 0) is 4.74 Å². The largest absolute Gasteiger partial charge is 0.489 e. The zero-order valence-electron chi connectivity index (χ0n) is 9.99. The molecule has 2 N–H and O–H groups in total. The van der Waals surface area contributed by atoms with Crippen molar-refractivity contribution in [2.45, 2.75) is 32.0 Å². The molecule has 0 aromatic heterocycles. The molecule has 2 atom stereocenters. The summed E-state index contributed by atoms with van der Waals surface area (Å²) in [6.45, 7) is 3.14. The molecule has 0 saturated carbocycles. The highest BCUT2D eigenvalue weighted by molar-refractivity contribution is 6.32. The SMILES string of the molecule is Cc1ccc(Cl)c(OCC2CCC(CN)O2)c1. The van der Waals surface area contributed by atoms with Gasteiger partial charge in [-0.2, -0.15) is 0 Å². The molecule has 17 heavy (non-hydrogen) atoms. The number of nitrogens with two attached hydrogens (primary N) is 1. The highest BCUT2D eigenvalue weighted by Gasteiger charge is 2.24. The molecule has 0 spiro atoms. The van der Waals surface area contributed by atoms with Gasteiger partial charge in [0.05, 0.1) is 17.2 Å². The Kier molecular flexibility index (Phi) is 4.26. The van der Waals surface area contributed by atoms with Gasteiger partial charge in [0.1, 0.15) is 12.4 Å². The van der Waals surface area contributed by atoms with E-state index in [1.165, 1.54) is 0 Å². The molecule has 1 saturated heterocycles.